The number of unbranched alkanes of at least 4 members (excludes halogenated alkanes) is 1. The highest BCUT2D eigenvalue weighted by Gasteiger charge is 2.12. The van der Waals surface area contributed by atoms with E-state index in [0.717, 1.165) is 25.0 Å². The van der Waals surface area contributed by atoms with Crippen molar-refractivity contribution in [1.82, 2.24) is 5.32 Å². The second-order valence-corrected chi connectivity index (χ2v) is 4.83. The summed E-state index contributed by atoms with van der Waals surface area (Å²) in [5, 5.41) is 3.34. The summed E-state index contributed by atoms with van der Waals surface area (Å²) in [7, 11) is 0. The molecule has 0 saturated carbocycles. The number of nitrogens with one attached hydrogen (secondary N) is 1. The van der Waals surface area contributed by atoms with Crippen LogP contribution >= 0.6 is 0 Å². The molecule has 0 heterocycles. The molecule has 0 aliphatic rings. The van der Waals surface area contributed by atoms with Crippen molar-refractivity contribution in [3.8, 4) is 0 Å². The summed E-state index contributed by atoms with van der Waals surface area (Å²) in [5.41, 5.74) is 0.902. The minimum atomic E-state index is -0.207. The van der Waals surface area contributed by atoms with E-state index < -0.39 is 0 Å². The van der Waals surface area contributed by atoms with Gasteiger partial charge in [0.05, 0.1) is 6.10 Å². The summed E-state index contributed by atoms with van der Waals surface area (Å²) in [6.45, 7) is 7.75. The second kappa shape index (κ2) is 8.22. The SMILES string of the molecule is CCCCOC(CNC(C)C)c1cccc(F)c1. The topological polar surface area (TPSA) is 21.3 Å². The summed E-state index contributed by atoms with van der Waals surface area (Å²) in [5.74, 6) is -0.207. The van der Waals surface area contributed by atoms with E-state index in [9.17, 15) is 4.39 Å². The van der Waals surface area contributed by atoms with Crippen molar-refractivity contribution in [3.05, 3.63) is 35.6 Å². The number of halogens is 1. The van der Waals surface area contributed by atoms with E-state index in [-0.39, 0.29) is 11.9 Å². The predicted octanol–water partition coefficient (Wildman–Crippen LogP) is 3.68. The van der Waals surface area contributed by atoms with Crippen LogP contribution in [-0.4, -0.2) is 19.2 Å². The van der Waals surface area contributed by atoms with Gasteiger partial charge in [-0.15, -0.1) is 0 Å². The van der Waals surface area contributed by atoms with Crippen molar-refractivity contribution in [1.29, 1.82) is 0 Å². The van der Waals surface area contributed by atoms with Crippen molar-refractivity contribution < 1.29 is 9.13 Å². The Morgan fingerprint density at radius 2 is 2.11 bits per heavy atom. The molecule has 0 bridgehead atoms. The highest BCUT2D eigenvalue weighted by atomic mass is 19.1. The molecule has 0 amide bonds. The lowest BCUT2D eigenvalue weighted by Crippen LogP contribution is -2.29. The van der Waals surface area contributed by atoms with Crippen molar-refractivity contribution in [2.24, 2.45) is 0 Å². The third-order valence-electron chi connectivity index (χ3n) is 2.75. The second-order valence-electron chi connectivity index (χ2n) is 4.83. The van der Waals surface area contributed by atoms with Gasteiger partial charge in [-0.25, -0.2) is 4.39 Å². The quantitative estimate of drug-likeness (QED) is 0.714. The third-order valence-corrected chi connectivity index (χ3v) is 2.75. The fourth-order valence-electron chi connectivity index (χ4n) is 1.69. The Bertz CT molecular complexity index is 341. The van der Waals surface area contributed by atoms with Crippen LogP contribution in [0.25, 0.3) is 0 Å². The molecule has 3 heteroatoms. The molecule has 1 aromatic rings. The van der Waals surface area contributed by atoms with Crippen LogP contribution in [0.15, 0.2) is 24.3 Å². The first-order valence-electron chi connectivity index (χ1n) is 6.74. The summed E-state index contributed by atoms with van der Waals surface area (Å²) in [6, 6.07) is 7.06. The average Bonchev–Trinajstić information content (AvgIpc) is 2.33. The molecule has 1 rings (SSSR count). The fraction of sp³-hybridized carbons (Fsp3) is 0.600. The molecule has 0 aliphatic carbocycles. The smallest absolute Gasteiger partial charge is 0.123 e. The minimum Gasteiger partial charge on any atom is -0.372 e. The number of rotatable bonds is 8. The first-order valence-corrected chi connectivity index (χ1v) is 6.74. The molecule has 2 nitrogen and oxygen atoms in total. The third kappa shape index (κ3) is 5.61. The van der Waals surface area contributed by atoms with E-state index in [1.807, 2.05) is 6.07 Å². The molecule has 0 aliphatic heterocycles. The fourth-order valence-corrected chi connectivity index (χ4v) is 1.69. The number of hydrogen-bond acceptors (Lipinski definition) is 2. The monoisotopic (exact) mass is 253 g/mol. The summed E-state index contributed by atoms with van der Waals surface area (Å²) in [6.07, 6.45) is 2.07. The molecule has 18 heavy (non-hydrogen) atoms. The molecule has 0 radical (unpaired) electrons. The molecule has 1 atom stereocenters. The summed E-state index contributed by atoms with van der Waals surface area (Å²) >= 11 is 0. The van der Waals surface area contributed by atoms with Gasteiger partial charge in [0.1, 0.15) is 5.82 Å². The van der Waals surface area contributed by atoms with Gasteiger partial charge in [0.15, 0.2) is 0 Å². The van der Waals surface area contributed by atoms with Gasteiger partial charge in [-0.1, -0.05) is 39.3 Å². The molecule has 102 valence electrons. The standard InChI is InChI=1S/C15H24FNO/c1-4-5-9-18-15(11-17-12(2)3)13-7-6-8-14(16)10-13/h6-8,10,12,15,17H,4-5,9,11H2,1-3H3. The van der Waals surface area contributed by atoms with Gasteiger partial charge in [0.2, 0.25) is 0 Å². The Morgan fingerprint density at radius 1 is 1.33 bits per heavy atom. The van der Waals surface area contributed by atoms with Crippen LogP contribution in [-0.2, 0) is 4.74 Å². The van der Waals surface area contributed by atoms with E-state index >= 15 is 0 Å². The average molecular weight is 253 g/mol. The predicted molar refractivity (Wildman–Crippen MR) is 73.1 cm³/mol. The zero-order chi connectivity index (χ0) is 13.4. The van der Waals surface area contributed by atoms with Crippen LogP contribution in [0.4, 0.5) is 4.39 Å². The van der Waals surface area contributed by atoms with Crippen LogP contribution < -0.4 is 5.32 Å². The van der Waals surface area contributed by atoms with Crippen LogP contribution in [0, 0.1) is 5.82 Å². The minimum absolute atomic E-state index is 0.0744. The summed E-state index contributed by atoms with van der Waals surface area (Å²) < 4.78 is 19.1. The molecular formula is C15H24FNO. The Hall–Kier alpha value is -0.930. The van der Waals surface area contributed by atoms with Gasteiger partial charge in [-0.05, 0) is 24.1 Å². The Kier molecular flexibility index (Phi) is 6.91. The van der Waals surface area contributed by atoms with Gasteiger partial charge in [0.25, 0.3) is 0 Å². The molecule has 0 saturated heterocycles. The van der Waals surface area contributed by atoms with E-state index in [4.69, 9.17) is 4.74 Å². The lowest BCUT2D eigenvalue weighted by Gasteiger charge is -2.20. The molecule has 1 aromatic carbocycles. The molecule has 1 unspecified atom stereocenters. The van der Waals surface area contributed by atoms with Gasteiger partial charge < -0.3 is 10.1 Å². The largest absolute Gasteiger partial charge is 0.372 e. The molecule has 0 fully saturated rings. The molecule has 1 N–H and O–H groups in total. The lowest BCUT2D eigenvalue weighted by molar-refractivity contribution is 0.0492. The zero-order valence-electron chi connectivity index (χ0n) is 11.6. The van der Waals surface area contributed by atoms with Crippen molar-refractivity contribution in [3.63, 3.8) is 0 Å². The van der Waals surface area contributed by atoms with E-state index in [1.165, 1.54) is 6.07 Å². The van der Waals surface area contributed by atoms with E-state index in [1.54, 1.807) is 12.1 Å². The highest BCUT2D eigenvalue weighted by Crippen LogP contribution is 2.18. The Morgan fingerprint density at radius 3 is 2.72 bits per heavy atom. The van der Waals surface area contributed by atoms with Gasteiger partial charge in [-0.2, -0.15) is 0 Å². The zero-order valence-corrected chi connectivity index (χ0v) is 11.6. The maximum absolute atomic E-state index is 13.2. The van der Waals surface area contributed by atoms with Gasteiger partial charge >= 0.3 is 0 Å². The number of hydrogen-bond donors (Lipinski definition) is 1. The van der Waals surface area contributed by atoms with E-state index in [0.29, 0.717) is 12.6 Å². The molecular weight excluding hydrogens is 229 g/mol. The van der Waals surface area contributed by atoms with Crippen LogP contribution in [0.5, 0.6) is 0 Å². The van der Waals surface area contributed by atoms with E-state index in [2.05, 4.69) is 26.1 Å². The van der Waals surface area contributed by atoms with Gasteiger partial charge in [0, 0.05) is 19.2 Å². The Balaban J connectivity index is 2.63. The van der Waals surface area contributed by atoms with Crippen molar-refractivity contribution >= 4 is 0 Å². The number of ether oxygens (including phenoxy) is 1. The van der Waals surface area contributed by atoms with Crippen LogP contribution in [0.1, 0.15) is 45.3 Å². The Labute approximate surface area is 110 Å². The lowest BCUT2D eigenvalue weighted by atomic mass is 10.1. The van der Waals surface area contributed by atoms with Crippen LogP contribution in [0.3, 0.4) is 0 Å². The summed E-state index contributed by atoms with van der Waals surface area (Å²) in [4.78, 5) is 0. The van der Waals surface area contributed by atoms with Crippen molar-refractivity contribution in [2.45, 2.75) is 45.8 Å². The first-order chi connectivity index (χ1) is 8.63. The highest BCUT2D eigenvalue weighted by molar-refractivity contribution is 5.19. The normalized spacial score (nSPS) is 12.9. The molecule has 0 spiro atoms. The molecule has 0 aromatic heterocycles. The van der Waals surface area contributed by atoms with Crippen molar-refractivity contribution in [2.75, 3.05) is 13.2 Å². The maximum Gasteiger partial charge on any atom is 0.123 e. The van der Waals surface area contributed by atoms with Crippen LogP contribution in [0.2, 0.25) is 0 Å². The number of benzene rings is 1. The van der Waals surface area contributed by atoms with Gasteiger partial charge in [-0.3, -0.25) is 0 Å². The first kappa shape index (κ1) is 15.1. The maximum atomic E-state index is 13.2.